The van der Waals surface area contributed by atoms with Crippen molar-refractivity contribution in [3.05, 3.63) is 64.7 Å². The maximum atomic E-state index is 13.1. The third-order valence-electron chi connectivity index (χ3n) is 4.60. The van der Waals surface area contributed by atoms with Crippen molar-refractivity contribution < 1.29 is 13.2 Å². The van der Waals surface area contributed by atoms with Crippen LogP contribution in [0.15, 0.2) is 52.7 Å². The number of benzene rings is 2. The smallest absolute Gasteiger partial charge is 0.184 e. The highest BCUT2D eigenvalue weighted by Crippen LogP contribution is 2.30. The Bertz CT molecular complexity index is 1090. The molecule has 0 N–H and O–H groups in total. The van der Waals surface area contributed by atoms with E-state index in [0.29, 0.717) is 10.6 Å². The molecule has 3 aromatic rings. The molecule has 0 spiro atoms. The monoisotopic (exact) mass is 415 g/mol. The van der Waals surface area contributed by atoms with Crippen LogP contribution in [0.4, 0.5) is 0 Å². The minimum atomic E-state index is -3.49. The van der Waals surface area contributed by atoms with E-state index < -0.39 is 9.84 Å². The van der Waals surface area contributed by atoms with Gasteiger partial charge in [0.1, 0.15) is 10.8 Å². The zero-order chi connectivity index (χ0) is 20.5. The van der Waals surface area contributed by atoms with Crippen LogP contribution in [0.25, 0.3) is 10.6 Å². The van der Waals surface area contributed by atoms with Crippen LogP contribution in [-0.4, -0.2) is 20.5 Å². The minimum absolute atomic E-state index is 0.109. The van der Waals surface area contributed by atoms with E-state index in [-0.39, 0.29) is 11.2 Å². The summed E-state index contributed by atoms with van der Waals surface area (Å²) in [5, 5.41) is 2.60. The van der Waals surface area contributed by atoms with Crippen LogP contribution in [0.5, 0.6) is 5.75 Å². The first-order valence-electron chi connectivity index (χ1n) is 9.03. The summed E-state index contributed by atoms with van der Waals surface area (Å²) in [4.78, 5) is 4.94. The Morgan fingerprint density at radius 3 is 2.54 bits per heavy atom. The highest BCUT2D eigenvalue weighted by atomic mass is 32.2. The lowest BCUT2D eigenvalue weighted by molar-refractivity contribution is 0.415. The lowest BCUT2D eigenvalue weighted by Gasteiger charge is -2.20. The average molecular weight is 416 g/mol. The molecule has 0 amide bonds. The SMILES string of the molecule is COc1cccc(-c2nc(CS(=O)(=O)c3cc(C(C)(C)C)ccc3C)cs2)c1. The van der Waals surface area contributed by atoms with E-state index in [1.165, 1.54) is 11.3 Å². The van der Waals surface area contributed by atoms with Crippen LogP contribution in [0, 0.1) is 6.92 Å². The van der Waals surface area contributed by atoms with Crippen LogP contribution >= 0.6 is 11.3 Å². The van der Waals surface area contributed by atoms with Gasteiger partial charge in [-0.1, -0.05) is 45.0 Å². The lowest BCUT2D eigenvalue weighted by atomic mass is 9.87. The number of aryl methyl sites for hydroxylation is 1. The standard InChI is InChI=1S/C22H25NO3S2/c1-15-9-10-17(22(2,3)4)12-20(15)28(24,25)14-18-13-27-21(23-18)16-7-6-8-19(11-16)26-5/h6-13H,14H2,1-5H3. The highest BCUT2D eigenvalue weighted by Gasteiger charge is 2.23. The Morgan fingerprint density at radius 1 is 1.11 bits per heavy atom. The van der Waals surface area contributed by atoms with Crippen molar-refractivity contribution in [1.29, 1.82) is 0 Å². The Morgan fingerprint density at radius 2 is 1.86 bits per heavy atom. The summed E-state index contributed by atoms with van der Waals surface area (Å²) in [5.74, 6) is 0.638. The van der Waals surface area contributed by atoms with Crippen molar-refractivity contribution in [2.24, 2.45) is 0 Å². The zero-order valence-electron chi connectivity index (χ0n) is 16.8. The highest BCUT2D eigenvalue weighted by molar-refractivity contribution is 7.90. The van der Waals surface area contributed by atoms with E-state index in [0.717, 1.165) is 27.4 Å². The van der Waals surface area contributed by atoms with E-state index in [4.69, 9.17) is 4.74 Å². The summed E-state index contributed by atoms with van der Waals surface area (Å²) in [7, 11) is -1.87. The van der Waals surface area contributed by atoms with Gasteiger partial charge in [0.2, 0.25) is 0 Å². The van der Waals surface area contributed by atoms with Gasteiger partial charge in [-0.15, -0.1) is 11.3 Å². The Labute approximate surface area is 171 Å². The molecule has 6 heteroatoms. The first kappa shape index (κ1) is 20.6. The van der Waals surface area contributed by atoms with E-state index in [1.807, 2.05) is 48.7 Å². The molecule has 0 aliphatic carbocycles. The Balaban J connectivity index is 1.91. The summed E-state index contributed by atoms with van der Waals surface area (Å²) in [6.45, 7) is 8.07. The van der Waals surface area contributed by atoms with E-state index in [1.54, 1.807) is 13.2 Å². The van der Waals surface area contributed by atoms with Gasteiger partial charge in [0.25, 0.3) is 0 Å². The minimum Gasteiger partial charge on any atom is -0.497 e. The molecule has 0 aliphatic rings. The fraction of sp³-hybridized carbons (Fsp3) is 0.318. The van der Waals surface area contributed by atoms with Crippen molar-refractivity contribution >= 4 is 21.2 Å². The zero-order valence-corrected chi connectivity index (χ0v) is 18.4. The largest absolute Gasteiger partial charge is 0.497 e. The number of nitrogens with zero attached hydrogens (tertiary/aromatic N) is 1. The van der Waals surface area contributed by atoms with Gasteiger partial charge in [-0.25, -0.2) is 13.4 Å². The molecular weight excluding hydrogens is 390 g/mol. The molecule has 0 aliphatic heterocycles. The number of ether oxygens (including phenoxy) is 1. The number of aromatic nitrogens is 1. The third-order valence-corrected chi connectivity index (χ3v) is 7.32. The number of rotatable bonds is 5. The first-order chi connectivity index (χ1) is 13.1. The van der Waals surface area contributed by atoms with Gasteiger partial charge < -0.3 is 4.74 Å². The third kappa shape index (κ3) is 4.45. The molecule has 0 saturated carbocycles. The molecule has 4 nitrogen and oxygen atoms in total. The lowest BCUT2D eigenvalue weighted by Crippen LogP contribution is -2.14. The van der Waals surface area contributed by atoms with Crippen LogP contribution in [0.2, 0.25) is 0 Å². The van der Waals surface area contributed by atoms with Crippen LogP contribution < -0.4 is 4.74 Å². The van der Waals surface area contributed by atoms with Crippen molar-refractivity contribution in [1.82, 2.24) is 4.98 Å². The van der Waals surface area contributed by atoms with Crippen molar-refractivity contribution in [3.8, 4) is 16.3 Å². The molecular formula is C22H25NO3S2. The Hall–Kier alpha value is -2.18. The van der Waals surface area contributed by atoms with E-state index >= 15 is 0 Å². The molecule has 28 heavy (non-hydrogen) atoms. The number of thiazole rings is 1. The van der Waals surface area contributed by atoms with Gasteiger partial charge in [0.05, 0.1) is 23.5 Å². The molecule has 0 bridgehead atoms. The summed E-state index contributed by atoms with van der Waals surface area (Å²) in [5.41, 5.74) is 3.13. The Kier molecular flexibility index (Phi) is 5.64. The summed E-state index contributed by atoms with van der Waals surface area (Å²) in [6, 6.07) is 13.3. The van der Waals surface area contributed by atoms with Crippen LogP contribution in [0.3, 0.4) is 0 Å². The van der Waals surface area contributed by atoms with E-state index in [2.05, 4.69) is 25.8 Å². The second kappa shape index (κ2) is 7.68. The fourth-order valence-electron chi connectivity index (χ4n) is 2.94. The number of methoxy groups -OCH3 is 1. The molecule has 0 unspecified atom stereocenters. The fourth-order valence-corrected chi connectivity index (χ4v) is 5.42. The van der Waals surface area contributed by atoms with Gasteiger partial charge in [0.15, 0.2) is 9.84 Å². The van der Waals surface area contributed by atoms with Gasteiger partial charge in [-0.2, -0.15) is 0 Å². The normalized spacial score (nSPS) is 12.2. The number of hydrogen-bond donors (Lipinski definition) is 0. The van der Waals surface area contributed by atoms with Gasteiger partial charge in [-0.05, 0) is 41.7 Å². The molecule has 0 fully saturated rings. The second-order valence-corrected chi connectivity index (χ2v) is 10.7. The van der Waals surface area contributed by atoms with Crippen LogP contribution in [0.1, 0.15) is 37.6 Å². The van der Waals surface area contributed by atoms with Gasteiger partial charge in [0, 0.05) is 10.9 Å². The topological polar surface area (TPSA) is 56.3 Å². The van der Waals surface area contributed by atoms with Crippen molar-refractivity contribution in [2.75, 3.05) is 7.11 Å². The molecule has 2 aromatic carbocycles. The summed E-state index contributed by atoms with van der Waals surface area (Å²) >= 11 is 1.44. The van der Waals surface area contributed by atoms with Crippen LogP contribution in [-0.2, 0) is 21.0 Å². The molecule has 148 valence electrons. The first-order valence-corrected chi connectivity index (χ1v) is 11.6. The summed E-state index contributed by atoms with van der Waals surface area (Å²) < 4.78 is 31.4. The predicted octanol–water partition coefficient (Wildman–Crippen LogP) is 5.40. The average Bonchev–Trinajstić information content (AvgIpc) is 3.08. The molecule has 1 aromatic heterocycles. The number of sulfone groups is 1. The molecule has 0 saturated heterocycles. The molecule has 0 radical (unpaired) electrons. The van der Waals surface area contributed by atoms with Crippen molar-refractivity contribution in [3.63, 3.8) is 0 Å². The molecule has 1 heterocycles. The quantitative estimate of drug-likeness (QED) is 0.560. The predicted molar refractivity (Wildman–Crippen MR) is 115 cm³/mol. The maximum Gasteiger partial charge on any atom is 0.184 e. The van der Waals surface area contributed by atoms with Gasteiger partial charge >= 0.3 is 0 Å². The maximum absolute atomic E-state index is 13.1. The summed E-state index contributed by atoms with van der Waals surface area (Å²) in [6.07, 6.45) is 0. The number of hydrogen-bond acceptors (Lipinski definition) is 5. The second-order valence-electron chi connectivity index (χ2n) is 7.87. The van der Waals surface area contributed by atoms with Crippen molar-refractivity contribution in [2.45, 2.75) is 43.8 Å². The molecule has 3 rings (SSSR count). The molecule has 0 atom stereocenters. The van der Waals surface area contributed by atoms with Gasteiger partial charge in [-0.3, -0.25) is 0 Å². The van der Waals surface area contributed by atoms with E-state index in [9.17, 15) is 8.42 Å².